The maximum Gasteiger partial charge on any atom is 0.335 e. The summed E-state index contributed by atoms with van der Waals surface area (Å²) < 4.78 is 0. The van der Waals surface area contributed by atoms with Crippen LogP contribution in [0.1, 0.15) is 116 Å². The van der Waals surface area contributed by atoms with Gasteiger partial charge in [0.2, 0.25) is 0 Å². The largest absolute Gasteiger partial charge is 0.481 e. The van der Waals surface area contributed by atoms with Gasteiger partial charge in [0.25, 0.3) is 0 Å². The van der Waals surface area contributed by atoms with Crippen LogP contribution in [0.3, 0.4) is 0 Å². The highest BCUT2D eigenvalue weighted by Gasteiger charge is 2.35. The summed E-state index contributed by atoms with van der Waals surface area (Å²) in [6, 6.07) is 0. The lowest BCUT2D eigenvalue weighted by Crippen LogP contribution is -2.39. The van der Waals surface area contributed by atoms with Gasteiger partial charge in [0.1, 0.15) is 0 Å². The molecule has 0 saturated heterocycles. The van der Waals surface area contributed by atoms with E-state index >= 15 is 0 Å². The molecule has 0 aromatic carbocycles. The summed E-state index contributed by atoms with van der Waals surface area (Å²) in [4.78, 5) is 21.8. The number of aliphatic hydroxyl groups is 1. The SMILES string of the molecule is CCCCCCCC/C=C\CCCCCCCCC(O)(CCC(=O)O)C(=O)O. The molecule has 0 bridgehead atoms. The van der Waals surface area contributed by atoms with E-state index in [9.17, 15) is 14.7 Å². The van der Waals surface area contributed by atoms with E-state index in [0.29, 0.717) is 6.42 Å². The van der Waals surface area contributed by atoms with E-state index in [0.717, 1.165) is 25.7 Å². The average molecular weight is 399 g/mol. The van der Waals surface area contributed by atoms with Gasteiger partial charge < -0.3 is 15.3 Å². The second-order valence-electron chi connectivity index (χ2n) is 7.92. The van der Waals surface area contributed by atoms with Crippen LogP contribution < -0.4 is 0 Å². The third-order valence-electron chi connectivity index (χ3n) is 5.25. The molecule has 28 heavy (non-hydrogen) atoms. The van der Waals surface area contributed by atoms with Gasteiger partial charge in [-0.25, -0.2) is 4.79 Å². The van der Waals surface area contributed by atoms with Gasteiger partial charge in [-0.1, -0.05) is 76.9 Å². The van der Waals surface area contributed by atoms with E-state index in [1.54, 1.807) is 0 Å². The second-order valence-corrected chi connectivity index (χ2v) is 7.92. The topological polar surface area (TPSA) is 94.8 Å². The lowest BCUT2D eigenvalue weighted by Gasteiger charge is -2.22. The summed E-state index contributed by atoms with van der Waals surface area (Å²) in [5.74, 6) is -2.40. The van der Waals surface area contributed by atoms with Crippen molar-refractivity contribution in [2.45, 2.75) is 122 Å². The minimum Gasteiger partial charge on any atom is -0.481 e. The predicted octanol–water partition coefficient (Wildman–Crippen LogP) is 6.09. The number of carbonyl (C=O) groups is 2. The third kappa shape index (κ3) is 15.7. The molecule has 0 heterocycles. The van der Waals surface area contributed by atoms with Gasteiger partial charge in [-0.15, -0.1) is 0 Å². The van der Waals surface area contributed by atoms with Crippen molar-refractivity contribution in [1.82, 2.24) is 0 Å². The average Bonchev–Trinajstić information content (AvgIpc) is 2.66. The number of hydrogen-bond acceptors (Lipinski definition) is 3. The first-order chi connectivity index (χ1) is 13.4. The first kappa shape index (κ1) is 26.6. The molecular formula is C23H42O5. The van der Waals surface area contributed by atoms with E-state index in [1.807, 2.05) is 0 Å². The molecule has 1 atom stereocenters. The molecule has 0 saturated carbocycles. The van der Waals surface area contributed by atoms with Gasteiger partial charge in [0.05, 0.1) is 0 Å². The zero-order chi connectivity index (χ0) is 21.1. The van der Waals surface area contributed by atoms with E-state index in [4.69, 9.17) is 10.2 Å². The van der Waals surface area contributed by atoms with Crippen LogP contribution >= 0.6 is 0 Å². The Hall–Kier alpha value is -1.36. The van der Waals surface area contributed by atoms with Crippen molar-refractivity contribution in [1.29, 1.82) is 0 Å². The van der Waals surface area contributed by atoms with Crippen molar-refractivity contribution in [3.63, 3.8) is 0 Å². The van der Waals surface area contributed by atoms with Crippen molar-refractivity contribution >= 4 is 11.9 Å². The van der Waals surface area contributed by atoms with E-state index in [1.165, 1.54) is 57.8 Å². The van der Waals surface area contributed by atoms with Gasteiger partial charge in [-0.3, -0.25) is 4.79 Å². The maximum atomic E-state index is 11.2. The fourth-order valence-corrected chi connectivity index (χ4v) is 3.32. The normalized spacial score (nSPS) is 13.6. The number of unbranched alkanes of at least 4 members (excludes halogenated alkanes) is 12. The zero-order valence-corrected chi connectivity index (χ0v) is 17.8. The molecule has 1 unspecified atom stereocenters. The highest BCUT2D eigenvalue weighted by Crippen LogP contribution is 2.22. The number of allylic oxidation sites excluding steroid dienone is 2. The zero-order valence-electron chi connectivity index (χ0n) is 17.8. The van der Waals surface area contributed by atoms with Gasteiger partial charge >= 0.3 is 11.9 Å². The van der Waals surface area contributed by atoms with Crippen molar-refractivity contribution in [3.05, 3.63) is 12.2 Å². The van der Waals surface area contributed by atoms with Crippen LogP contribution in [-0.2, 0) is 9.59 Å². The van der Waals surface area contributed by atoms with Crippen molar-refractivity contribution in [2.75, 3.05) is 0 Å². The molecule has 0 aliphatic heterocycles. The Morgan fingerprint density at radius 3 is 1.64 bits per heavy atom. The molecule has 0 aromatic heterocycles. The highest BCUT2D eigenvalue weighted by atomic mass is 16.4. The van der Waals surface area contributed by atoms with Crippen molar-refractivity contribution in [2.24, 2.45) is 0 Å². The number of carboxylic acids is 2. The Bertz CT molecular complexity index is 433. The smallest absolute Gasteiger partial charge is 0.335 e. The van der Waals surface area contributed by atoms with Crippen molar-refractivity contribution in [3.8, 4) is 0 Å². The molecule has 0 aliphatic rings. The Morgan fingerprint density at radius 2 is 1.18 bits per heavy atom. The lowest BCUT2D eigenvalue weighted by molar-refractivity contribution is -0.161. The van der Waals surface area contributed by atoms with E-state index < -0.39 is 17.5 Å². The van der Waals surface area contributed by atoms with Gasteiger partial charge in [-0.05, 0) is 44.9 Å². The second kappa shape index (κ2) is 17.7. The quantitative estimate of drug-likeness (QED) is 0.170. The molecule has 0 aromatic rings. The predicted molar refractivity (Wildman–Crippen MR) is 114 cm³/mol. The summed E-state index contributed by atoms with van der Waals surface area (Å²) in [5, 5.41) is 27.9. The molecule has 0 aliphatic carbocycles. The van der Waals surface area contributed by atoms with Gasteiger partial charge in [0.15, 0.2) is 5.60 Å². The third-order valence-corrected chi connectivity index (χ3v) is 5.25. The van der Waals surface area contributed by atoms with Gasteiger partial charge in [-0.2, -0.15) is 0 Å². The molecular weight excluding hydrogens is 356 g/mol. The molecule has 164 valence electrons. The fraction of sp³-hybridized carbons (Fsp3) is 0.826. The fourth-order valence-electron chi connectivity index (χ4n) is 3.32. The number of aliphatic carboxylic acids is 2. The number of rotatable bonds is 20. The standard InChI is InChI=1S/C23H42O5/c1-2-3-4-5-6-7-8-9-10-11-12-13-14-15-16-17-19-23(28,22(26)27)20-18-21(24)25/h9-10,28H,2-8,11-20H2,1H3,(H,24,25)(H,26,27)/b10-9-. The van der Waals surface area contributed by atoms with Crippen LogP contribution in [0, 0.1) is 0 Å². The summed E-state index contributed by atoms with van der Waals surface area (Å²) in [7, 11) is 0. The minimum absolute atomic E-state index is 0.122. The Labute approximate surface area is 171 Å². The van der Waals surface area contributed by atoms with Crippen LogP contribution in [0.5, 0.6) is 0 Å². The molecule has 5 nitrogen and oxygen atoms in total. The highest BCUT2D eigenvalue weighted by molar-refractivity contribution is 5.78. The maximum absolute atomic E-state index is 11.2. The molecule has 0 rings (SSSR count). The molecule has 5 heteroatoms. The molecule has 0 fully saturated rings. The van der Waals surface area contributed by atoms with Crippen LogP contribution in [0.2, 0.25) is 0 Å². The lowest BCUT2D eigenvalue weighted by atomic mass is 9.91. The number of hydrogen-bond donors (Lipinski definition) is 3. The summed E-state index contributed by atoms with van der Waals surface area (Å²) in [6.07, 6.45) is 20.5. The Kier molecular flexibility index (Phi) is 16.9. The minimum atomic E-state index is -1.90. The van der Waals surface area contributed by atoms with Crippen LogP contribution in [0.25, 0.3) is 0 Å². The summed E-state index contributed by atoms with van der Waals surface area (Å²) in [6.45, 7) is 2.24. The molecule has 0 amide bonds. The molecule has 0 radical (unpaired) electrons. The van der Waals surface area contributed by atoms with E-state index in [-0.39, 0.29) is 19.3 Å². The van der Waals surface area contributed by atoms with Crippen LogP contribution in [0.4, 0.5) is 0 Å². The monoisotopic (exact) mass is 398 g/mol. The summed E-state index contributed by atoms with van der Waals surface area (Å²) >= 11 is 0. The molecule has 0 spiro atoms. The van der Waals surface area contributed by atoms with Crippen LogP contribution in [0.15, 0.2) is 12.2 Å². The van der Waals surface area contributed by atoms with E-state index in [2.05, 4.69) is 19.1 Å². The summed E-state index contributed by atoms with van der Waals surface area (Å²) in [5.41, 5.74) is -1.90. The first-order valence-electron chi connectivity index (χ1n) is 11.2. The van der Waals surface area contributed by atoms with Gasteiger partial charge in [0, 0.05) is 6.42 Å². The number of carboxylic acid groups (broad SMARTS) is 2. The Balaban J connectivity index is 3.54. The van der Waals surface area contributed by atoms with Crippen molar-refractivity contribution < 1.29 is 24.9 Å². The first-order valence-corrected chi connectivity index (χ1v) is 11.2. The van der Waals surface area contributed by atoms with Crippen LogP contribution in [-0.4, -0.2) is 32.9 Å². The molecule has 3 N–H and O–H groups in total. The Morgan fingerprint density at radius 1 is 0.714 bits per heavy atom.